The molecule has 250 valence electrons. The van der Waals surface area contributed by atoms with Gasteiger partial charge in [-0.05, 0) is 6.42 Å². The monoisotopic (exact) mass is 621 g/mol. The SMILES string of the molecule is CCCCCCCCCCCCCCCCCCCCCC(=O)OC[C@H](COP(=O)([O-])OCC[N+](C)(C)C)OC(C)=O. The molecule has 9 nitrogen and oxygen atoms in total. The fourth-order valence-corrected chi connectivity index (χ4v) is 5.32. The van der Waals surface area contributed by atoms with Crippen molar-refractivity contribution < 1.29 is 42.1 Å². The van der Waals surface area contributed by atoms with Crippen molar-refractivity contribution in [3.63, 3.8) is 0 Å². The quantitative estimate of drug-likeness (QED) is 0.0351. The van der Waals surface area contributed by atoms with E-state index in [4.69, 9.17) is 18.5 Å². The average Bonchev–Trinajstić information content (AvgIpc) is 2.90. The van der Waals surface area contributed by atoms with E-state index in [1.54, 1.807) is 0 Å². The number of carbonyl (C=O) groups is 2. The number of phosphoric acid groups is 1. The summed E-state index contributed by atoms with van der Waals surface area (Å²) in [5.41, 5.74) is 0. The van der Waals surface area contributed by atoms with Crippen molar-refractivity contribution in [2.75, 3.05) is 47.5 Å². The number of hydrogen-bond acceptors (Lipinski definition) is 8. The van der Waals surface area contributed by atoms with Gasteiger partial charge in [0.25, 0.3) is 7.82 Å². The second-order valence-corrected chi connectivity index (χ2v) is 14.0. The number of unbranched alkanes of at least 4 members (excludes halogenated alkanes) is 18. The van der Waals surface area contributed by atoms with Gasteiger partial charge in [-0.1, -0.05) is 122 Å². The number of phosphoric ester groups is 1. The summed E-state index contributed by atoms with van der Waals surface area (Å²) >= 11 is 0. The van der Waals surface area contributed by atoms with E-state index in [1.165, 1.54) is 110 Å². The molecule has 2 atom stereocenters. The molecule has 10 heteroatoms. The minimum Gasteiger partial charge on any atom is -0.756 e. The van der Waals surface area contributed by atoms with E-state index in [0.717, 1.165) is 19.3 Å². The molecule has 0 spiro atoms. The molecule has 0 aliphatic carbocycles. The summed E-state index contributed by atoms with van der Waals surface area (Å²) in [6.45, 7) is 3.17. The van der Waals surface area contributed by atoms with Crippen LogP contribution in [0.5, 0.6) is 0 Å². The van der Waals surface area contributed by atoms with Crippen molar-refractivity contribution in [1.29, 1.82) is 0 Å². The lowest BCUT2D eigenvalue weighted by atomic mass is 10.0. The number of nitrogens with zero attached hydrogens (tertiary/aromatic N) is 1. The molecule has 0 radical (unpaired) electrons. The summed E-state index contributed by atoms with van der Waals surface area (Å²) in [5, 5.41) is 0. The maximum atomic E-state index is 12.1. The van der Waals surface area contributed by atoms with E-state index in [9.17, 15) is 19.0 Å². The Kier molecular flexibility index (Phi) is 25.8. The van der Waals surface area contributed by atoms with Crippen LogP contribution in [0.2, 0.25) is 0 Å². The van der Waals surface area contributed by atoms with Crippen molar-refractivity contribution in [3.8, 4) is 0 Å². The third kappa shape index (κ3) is 30.5. The molecule has 0 amide bonds. The molecule has 0 bridgehead atoms. The zero-order valence-corrected chi connectivity index (χ0v) is 28.6. The summed E-state index contributed by atoms with van der Waals surface area (Å²) in [4.78, 5) is 35.4. The molecule has 1 unspecified atom stereocenters. The smallest absolute Gasteiger partial charge is 0.305 e. The van der Waals surface area contributed by atoms with Crippen LogP contribution < -0.4 is 4.89 Å². The van der Waals surface area contributed by atoms with Crippen LogP contribution in [0.25, 0.3) is 0 Å². The van der Waals surface area contributed by atoms with Gasteiger partial charge >= 0.3 is 11.9 Å². The third-order valence-corrected chi connectivity index (χ3v) is 8.14. The Bertz CT molecular complexity index is 713. The van der Waals surface area contributed by atoms with Gasteiger partial charge in [0.2, 0.25) is 0 Å². The van der Waals surface area contributed by atoms with Gasteiger partial charge in [-0.3, -0.25) is 14.2 Å². The van der Waals surface area contributed by atoms with Crippen LogP contribution in [0.1, 0.15) is 142 Å². The molecule has 0 heterocycles. The van der Waals surface area contributed by atoms with E-state index in [2.05, 4.69) is 6.92 Å². The average molecular weight is 622 g/mol. The van der Waals surface area contributed by atoms with Crippen LogP contribution in [0.3, 0.4) is 0 Å². The van der Waals surface area contributed by atoms with Gasteiger partial charge < -0.3 is 27.9 Å². The second kappa shape index (κ2) is 26.4. The highest BCUT2D eigenvalue weighted by atomic mass is 31.2. The Balaban J connectivity index is 3.74. The lowest BCUT2D eigenvalue weighted by Gasteiger charge is -2.28. The van der Waals surface area contributed by atoms with Crippen molar-refractivity contribution >= 4 is 19.8 Å². The van der Waals surface area contributed by atoms with Crippen molar-refractivity contribution in [2.45, 2.75) is 148 Å². The number of ether oxygens (including phenoxy) is 2. The molecule has 0 N–H and O–H groups in total. The molecule has 0 rings (SSSR count). The molecule has 0 aromatic heterocycles. The Morgan fingerprint density at radius 1 is 0.690 bits per heavy atom. The summed E-state index contributed by atoms with van der Waals surface area (Å²) < 4.78 is 32.4. The van der Waals surface area contributed by atoms with Crippen LogP contribution in [0.4, 0.5) is 0 Å². The zero-order valence-electron chi connectivity index (χ0n) is 27.7. The third-order valence-electron chi connectivity index (χ3n) is 7.18. The predicted octanol–water partition coefficient (Wildman–Crippen LogP) is 7.49. The largest absolute Gasteiger partial charge is 0.756 e. The van der Waals surface area contributed by atoms with Gasteiger partial charge in [0.05, 0.1) is 27.7 Å². The maximum Gasteiger partial charge on any atom is 0.305 e. The molecular formula is C32H64NO8P. The number of rotatable bonds is 30. The van der Waals surface area contributed by atoms with Crippen molar-refractivity contribution in [3.05, 3.63) is 0 Å². The molecule has 0 aromatic rings. The standard InChI is InChI=1S/C32H64NO8P/c1-6-7-8-9-10-11-12-13-14-15-16-17-18-19-20-21-22-23-24-25-32(35)38-28-31(41-30(2)34)29-40-42(36,37)39-27-26-33(3,4)5/h31H,6-29H2,1-5H3/t31-/m1/s1. The highest BCUT2D eigenvalue weighted by Gasteiger charge is 2.20. The van der Waals surface area contributed by atoms with Crippen LogP contribution in [0.15, 0.2) is 0 Å². The first kappa shape index (κ1) is 41.0. The van der Waals surface area contributed by atoms with E-state index >= 15 is 0 Å². The van der Waals surface area contributed by atoms with Gasteiger partial charge in [0.1, 0.15) is 19.8 Å². The van der Waals surface area contributed by atoms with Crippen molar-refractivity contribution in [2.24, 2.45) is 0 Å². The summed E-state index contributed by atoms with van der Waals surface area (Å²) in [7, 11) is 1.16. The fourth-order valence-electron chi connectivity index (χ4n) is 4.59. The molecule has 0 aliphatic heterocycles. The minimum atomic E-state index is -4.57. The first-order chi connectivity index (χ1) is 19.9. The van der Waals surface area contributed by atoms with Gasteiger partial charge in [0, 0.05) is 13.3 Å². The van der Waals surface area contributed by atoms with Crippen LogP contribution in [0, 0.1) is 0 Å². The molecule has 42 heavy (non-hydrogen) atoms. The molecule has 0 fully saturated rings. The molecular weight excluding hydrogens is 557 g/mol. The van der Waals surface area contributed by atoms with Gasteiger partial charge in [-0.2, -0.15) is 0 Å². The highest BCUT2D eigenvalue weighted by molar-refractivity contribution is 7.45. The highest BCUT2D eigenvalue weighted by Crippen LogP contribution is 2.38. The topological polar surface area (TPSA) is 111 Å². The number of likely N-dealkylation sites (N-methyl/N-ethyl adjacent to an activating group) is 1. The number of carbonyl (C=O) groups excluding carboxylic acids is 2. The fraction of sp³-hybridized carbons (Fsp3) is 0.938. The van der Waals surface area contributed by atoms with E-state index in [-0.39, 0.29) is 19.6 Å². The zero-order chi connectivity index (χ0) is 31.5. The van der Waals surface area contributed by atoms with E-state index in [1.807, 2.05) is 21.1 Å². The Morgan fingerprint density at radius 3 is 1.52 bits per heavy atom. The first-order valence-corrected chi connectivity index (χ1v) is 18.1. The second-order valence-electron chi connectivity index (χ2n) is 12.6. The lowest BCUT2D eigenvalue weighted by molar-refractivity contribution is -0.870. The van der Waals surface area contributed by atoms with Gasteiger partial charge in [-0.15, -0.1) is 0 Å². The van der Waals surface area contributed by atoms with Crippen LogP contribution in [-0.2, 0) is 32.7 Å². The molecule has 0 aliphatic rings. The number of quaternary nitrogens is 1. The molecule has 0 saturated carbocycles. The van der Waals surface area contributed by atoms with Crippen LogP contribution in [-0.4, -0.2) is 70.0 Å². The Labute approximate surface area is 257 Å². The summed E-state index contributed by atoms with van der Waals surface area (Å²) in [6, 6.07) is 0. The Morgan fingerprint density at radius 2 is 1.12 bits per heavy atom. The number of esters is 2. The molecule has 0 saturated heterocycles. The maximum absolute atomic E-state index is 12.1. The Hall–Kier alpha value is -0.990. The molecule has 0 aromatic carbocycles. The van der Waals surface area contributed by atoms with Gasteiger partial charge in [0.15, 0.2) is 6.10 Å². The summed E-state index contributed by atoms with van der Waals surface area (Å²) in [6.07, 6.45) is 23.8. The first-order valence-electron chi connectivity index (χ1n) is 16.7. The van der Waals surface area contributed by atoms with Crippen molar-refractivity contribution in [1.82, 2.24) is 0 Å². The predicted molar refractivity (Wildman–Crippen MR) is 167 cm³/mol. The normalized spacial score (nSPS) is 14.0. The lowest BCUT2D eigenvalue weighted by Crippen LogP contribution is -2.37. The van der Waals surface area contributed by atoms with E-state index in [0.29, 0.717) is 11.0 Å². The van der Waals surface area contributed by atoms with Crippen LogP contribution >= 0.6 is 7.82 Å². The van der Waals surface area contributed by atoms with Gasteiger partial charge in [-0.25, -0.2) is 0 Å². The van der Waals surface area contributed by atoms with E-state index < -0.39 is 32.5 Å². The number of hydrogen-bond donors (Lipinski definition) is 0. The minimum absolute atomic E-state index is 0.0308. The summed E-state index contributed by atoms with van der Waals surface area (Å²) in [5.74, 6) is -1.02.